The van der Waals surface area contributed by atoms with E-state index in [-0.39, 0.29) is 11.6 Å². The number of benzene rings is 3. The van der Waals surface area contributed by atoms with Crippen LogP contribution in [-0.4, -0.2) is 0 Å². The van der Waals surface area contributed by atoms with Gasteiger partial charge in [-0.15, -0.1) is 0 Å². The Balaban J connectivity index is 2.36. The summed E-state index contributed by atoms with van der Waals surface area (Å²) in [6, 6.07) is 16.7. The van der Waals surface area contributed by atoms with E-state index in [1.54, 1.807) is 24.3 Å². The average molecular weight is 240 g/mol. The molecule has 0 atom stereocenters. The predicted octanol–water partition coefficient (Wildman–Crippen LogP) is 4.79. The van der Waals surface area contributed by atoms with Gasteiger partial charge in [0.2, 0.25) is 0 Å². The van der Waals surface area contributed by atoms with E-state index in [1.165, 1.54) is 18.2 Å². The van der Waals surface area contributed by atoms with Crippen LogP contribution < -0.4 is 0 Å². The van der Waals surface area contributed by atoms with Gasteiger partial charge in [0.1, 0.15) is 11.6 Å². The summed E-state index contributed by atoms with van der Waals surface area (Å²) in [5, 5.41) is 1.35. The summed E-state index contributed by atoms with van der Waals surface area (Å²) >= 11 is 0. The maximum Gasteiger partial charge on any atom is 0.131 e. The van der Waals surface area contributed by atoms with Crippen LogP contribution >= 0.6 is 0 Å². The summed E-state index contributed by atoms with van der Waals surface area (Å²) < 4.78 is 27.2. The largest absolute Gasteiger partial charge is 0.207 e. The second-order valence-electron chi connectivity index (χ2n) is 4.15. The smallest absolute Gasteiger partial charge is 0.131 e. The Morgan fingerprint density at radius 1 is 0.722 bits per heavy atom. The van der Waals surface area contributed by atoms with Gasteiger partial charge in [-0.2, -0.15) is 0 Å². The molecule has 0 aliphatic heterocycles. The Kier molecular flexibility index (Phi) is 2.56. The molecule has 88 valence electrons. The molecule has 0 amide bonds. The van der Waals surface area contributed by atoms with E-state index >= 15 is 0 Å². The maximum atomic E-state index is 13.9. The molecular weight excluding hydrogens is 230 g/mol. The number of hydrogen-bond acceptors (Lipinski definition) is 0. The van der Waals surface area contributed by atoms with E-state index in [1.807, 2.05) is 18.2 Å². The Hall–Kier alpha value is -2.22. The van der Waals surface area contributed by atoms with Crippen LogP contribution in [0.2, 0.25) is 0 Å². The lowest BCUT2D eigenvalue weighted by Crippen LogP contribution is -1.86. The van der Waals surface area contributed by atoms with Gasteiger partial charge in [0.05, 0.1) is 0 Å². The lowest BCUT2D eigenvalue weighted by atomic mass is 9.98. The normalized spacial score (nSPS) is 10.8. The molecule has 0 unspecified atom stereocenters. The van der Waals surface area contributed by atoms with Crippen molar-refractivity contribution in [1.29, 1.82) is 0 Å². The first-order chi connectivity index (χ1) is 8.75. The molecule has 18 heavy (non-hydrogen) atoms. The number of halogens is 2. The second kappa shape index (κ2) is 4.22. The van der Waals surface area contributed by atoms with Crippen molar-refractivity contribution in [3.05, 3.63) is 72.3 Å². The molecule has 0 saturated carbocycles. The first-order valence-corrected chi connectivity index (χ1v) is 5.69. The van der Waals surface area contributed by atoms with Crippen molar-refractivity contribution >= 4 is 10.8 Å². The van der Waals surface area contributed by atoms with Crippen LogP contribution in [0.3, 0.4) is 0 Å². The molecule has 0 nitrogen and oxygen atoms in total. The van der Waals surface area contributed by atoms with Crippen molar-refractivity contribution in [3.63, 3.8) is 0 Å². The number of fused-ring (bicyclic) bond motifs is 1. The van der Waals surface area contributed by atoms with Gasteiger partial charge in [0.25, 0.3) is 0 Å². The Morgan fingerprint density at radius 3 is 2.22 bits per heavy atom. The van der Waals surface area contributed by atoms with E-state index in [2.05, 4.69) is 0 Å². The Labute approximate surface area is 104 Å². The van der Waals surface area contributed by atoms with Crippen LogP contribution in [0.15, 0.2) is 60.7 Å². The highest BCUT2D eigenvalue weighted by Gasteiger charge is 2.08. The van der Waals surface area contributed by atoms with Crippen LogP contribution in [0.25, 0.3) is 21.9 Å². The minimum Gasteiger partial charge on any atom is -0.207 e. The average Bonchev–Trinajstić information content (AvgIpc) is 2.38. The van der Waals surface area contributed by atoms with E-state index in [0.29, 0.717) is 16.5 Å². The lowest BCUT2D eigenvalue weighted by molar-refractivity contribution is 0.628. The summed E-state index contributed by atoms with van der Waals surface area (Å²) in [7, 11) is 0. The van der Waals surface area contributed by atoms with Gasteiger partial charge in [-0.1, -0.05) is 42.5 Å². The zero-order valence-electron chi connectivity index (χ0n) is 9.53. The third-order valence-corrected chi connectivity index (χ3v) is 2.99. The van der Waals surface area contributed by atoms with Crippen LogP contribution in [-0.2, 0) is 0 Å². The molecule has 3 aromatic rings. The Morgan fingerprint density at radius 2 is 1.44 bits per heavy atom. The molecule has 3 rings (SSSR count). The van der Waals surface area contributed by atoms with Crippen molar-refractivity contribution in [3.8, 4) is 11.1 Å². The van der Waals surface area contributed by atoms with Gasteiger partial charge in [-0.25, -0.2) is 8.78 Å². The standard InChI is InChI=1S/C16H10F2/c17-13-7-1-6-12(10-13)14-8-2-4-11-5-3-9-15(18)16(11)14/h1-10H. The quantitative estimate of drug-likeness (QED) is 0.574. The molecule has 0 radical (unpaired) electrons. The van der Waals surface area contributed by atoms with Gasteiger partial charge in [-0.05, 0) is 34.7 Å². The van der Waals surface area contributed by atoms with Crippen molar-refractivity contribution in [2.75, 3.05) is 0 Å². The summed E-state index contributed by atoms with van der Waals surface area (Å²) in [6.45, 7) is 0. The minimum absolute atomic E-state index is 0.285. The van der Waals surface area contributed by atoms with Gasteiger partial charge < -0.3 is 0 Å². The molecule has 0 heterocycles. The highest BCUT2D eigenvalue weighted by molar-refractivity contribution is 5.97. The summed E-state index contributed by atoms with van der Waals surface area (Å²) in [4.78, 5) is 0. The van der Waals surface area contributed by atoms with E-state index in [4.69, 9.17) is 0 Å². The molecule has 2 heteroatoms. The molecule has 0 aliphatic rings. The highest BCUT2D eigenvalue weighted by Crippen LogP contribution is 2.30. The summed E-state index contributed by atoms with van der Waals surface area (Å²) in [6.07, 6.45) is 0. The second-order valence-corrected chi connectivity index (χ2v) is 4.15. The monoisotopic (exact) mass is 240 g/mol. The molecule has 0 spiro atoms. The van der Waals surface area contributed by atoms with Crippen LogP contribution in [0.1, 0.15) is 0 Å². The van der Waals surface area contributed by atoms with Crippen LogP contribution in [0.4, 0.5) is 8.78 Å². The first kappa shape index (κ1) is 10.9. The molecule has 0 bridgehead atoms. The van der Waals surface area contributed by atoms with Gasteiger partial charge in [0, 0.05) is 5.39 Å². The number of rotatable bonds is 1. The maximum absolute atomic E-state index is 13.9. The van der Waals surface area contributed by atoms with E-state index in [9.17, 15) is 8.78 Å². The fourth-order valence-corrected chi connectivity index (χ4v) is 2.19. The van der Waals surface area contributed by atoms with Gasteiger partial charge >= 0.3 is 0 Å². The third-order valence-electron chi connectivity index (χ3n) is 2.99. The fourth-order valence-electron chi connectivity index (χ4n) is 2.19. The Bertz CT molecular complexity index is 712. The van der Waals surface area contributed by atoms with Crippen LogP contribution in [0, 0.1) is 11.6 Å². The molecule has 0 aliphatic carbocycles. The molecule has 0 saturated heterocycles. The summed E-state index contributed by atoms with van der Waals surface area (Å²) in [5.74, 6) is -0.604. The number of hydrogen-bond donors (Lipinski definition) is 0. The predicted molar refractivity (Wildman–Crippen MR) is 69.3 cm³/mol. The van der Waals surface area contributed by atoms with Crippen LogP contribution in [0.5, 0.6) is 0 Å². The van der Waals surface area contributed by atoms with Crippen molar-refractivity contribution in [2.24, 2.45) is 0 Å². The summed E-state index contributed by atoms with van der Waals surface area (Å²) in [5.41, 5.74) is 1.40. The molecule has 0 aromatic heterocycles. The zero-order chi connectivity index (χ0) is 12.5. The lowest BCUT2D eigenvalue weighted by Gasteiger charge is -2.07. The van der Waals surface area contributed by atoms with Crippen molar-refractivity contribution < 1.29 is 8.78 Å². The molecule has 0 N–H and O–H groups in total. The fraction of sp³-hybridized carbons (Fsp3) is 0. The topological polar surface area (TPSA) is 0 Å². The van der Waals surface area contributed by atoms with Gasteiger partial charge in [0.15, 0.2) is 0 Å². The molecule has 0 fully saturated rings. The van der Waals surface area contributed by atoms with Gasteiger partial charge in [-0.3, -0.25) is 0 Å². The van der Waals surface area contributed by atoms with Crippen molar-refractivity contribution in [1.82, 2.24) is 0 Å². The highest BCUT2D eigenvalue weighted by atomic mass is 19.1. The van der Waals surface area contributed by atoms with Crippen molar-refractivity contribution in [2.45, 2.75) is 0 Å². The molecule has 3 aromatic carbocycles. The SMILES string of the molecule is Fc1cccc(-c2cccc3cccc(F)c23)c1. The van der Waals surface area contributed by atoms with E-state index < -0.39 is 0 Å². The first-order valence-electron chi connectivity index (χ1n) is 5.69. The zero-order valence-corrected chi connectivity index (χ0v) is 9.53. The third kappa shape index (κ3) is 1.76. The minimum atomic E-state index is -0.319. The van der Waals surface area contributed by atoms with E-state index in [0.717, 1.165) is 5.39 Å². The molecular formula is C16H10F2.